The van der Waals surface area contributed by atoms with Gasteiger partial charge in [-0.2, -0.15) is 0 Å². The van der Waals surface area contributed by atoms with E-state index < -0.39 is 0 Å². The first-order valence-corrected chi connectivity index (χ1v) is 7.07. The molecule has 0 saturated carbocycles. The summed E-state index contributed by atoms with van der Waals surface area (Å²) in [6.45, 7) is 5.70. The molecule has 0 atom stereocenters. The number of hydrogen-bond acceptors (Lipinski definition) is 5. The van der Waals surface area contributed by atoms with Crippen LogP contribution in [0, 0.1) is 0 Å². The van der Waals surface area contributed by atoms with Crippen LogP contribution in [-0.2, 0) is 11.3 Å². The second-order valence-corrected chi connectivity index (χ2v) is 4.92. The van der Waals surface area contributed by atoms with Crippen molar-refractivity contribution < 1.29 is 14.2 Å². The summed E-state index contributed by atoms with van der Waals surface area (Å²) in [4.78, 5) is 2.27. The van der Waals surface area contributed by atoms with E-state index >= 15 is 0 Å². The molecule has 0 aromatic heterocycles. The summed E-state index contributed by atoms with van der Waals surface area (Å²) in [5.41, 5.74) is 1.18. The van der Waals surface area contributed by atoms with Crippen molar-refractivity contribution in [1.29, 1.82) is 0 Å². The lowest BCUT2D eigenvalue weighted by Crippen LogP contribution is -2.31. The van der Waals surface area contributed by atoms with Crippen LogP contribution in [0.3, 0.4) is 0 Å². The lowest BCUT2D eigenvalue weighted by Gasteiger charge is -2.23. The van der Waals surface area contributed by atoms with Crippen molar-refractivity contribution >= 4 is 0 Å². The highest BCUT2D eigenvalue weighted by molar-refractivity contribution is 5.47. The van der Waals surface area contributed by atoms with Crippen molar-refractivity contribution in [1.82, 2.24) is 10.2 Å². The molecule has 0 amide bonds. The number of likely N-dealkylation sites (N-methyl/N-ethyl adjacent to an activating group) is 1. The smallest absolute Gasteiger partial charge is 0.165 e. The molecule has 0 aliphatic carbocycles. The van der Waals surface area contributed by atoms with Crippen molar-refractivity contribution in [2.45, 2.75) is 6.54 Å². The third-order valence-electron chi connectivity index (χ3n) is 3.24. The zero-order valence-corrected chi connectivity index (χ0v) is 12.4. The average Bonchev–Trinajstić information content (AvgIpc) is 2.47. The highest BCUT2D eigenvalue weighted by Gasteiger charge is 2.16. The van der Waals surface area contributed by atoms with E-state index in [4.69, 9.17) is 14.2 Å². The summed E-state index contributed by atoms with van der Waals surface area (Å²) in [6, 6.07) is 6.08. The fourth-order valence-corrected chi connectivity index (χ4v) is 2.20. The molecule has 0 saturated heterocycles. The molecule has 1 aromatic carbocycles. The second-order valence-electron chi connectivity index (χ2n) is 4.92. The number of nitrogens with one attached hydrogen (secondary N) is 1. The Labute approximate surface area is 120 Å². The van der Waals surface area contributed by atoms with Gasteiger partial charge in [-0.3, -0.25) is 0 Å². The number of benzene rings is 1. The predicted molar refractivity (Wildman–Crippen MR) is 78.5 cm³/mol. The van der Waals surface area contributed by atoms with Crippen molar-refractivity contribution in [3.8, 4) is 11.5 Å². The predicted octanol–water partition coefficient (Wildman–Crippen LogP) is 1.13. The summed E-state index contributed by atoms with van der Waals surface area (Å²) >= 11 is 0. The number of rotatable bonds is 8. The van der Waals surface area contributed by atoms with E-state index in [1.165, 1.54) is 5.56 Å². The van der Waals surface area contributed by atoms with Crippen molar-refractivity contribution in [2.24, 2.45) is 0 Å². The number of para-hydroxylation sites is 1. The molecule has 2 rings (SSSR count). The summed E-state index contributed by atoms with van der Waals surface area (Å²) in [5, 5.41) is 3.34. The zero-order chi connectivity index (χ0) is 14.2. The molecule has 5 nitrogen and oxygen atoms in total. The van der Waals surface area contributed by atoms with Gasteiger partial charge in [-0.1, -0.05) is 12.1 Å². The molecule has 20 heavy (non-hydrogen) atoms. The fourth-order valence-electron chi connectivity index (χ4n) is 2.20. The van der Waals surface area contributed by atoms with Gasteiger partial charge in [0, 0.05) is 38.9 Å². The van der Waals surface area contributed by atoms with Crippen molar-refractivity contribution in [3.63, 3.8) is 0 Å². The average molecular weight is 280 g/mol. The van der Waals surface area contributed by atoms with Gasteiger partial charge in [0.25, 0.3) is 0 Å². The summed E-state index contributed by atoms with van der Waals surface area (Å²) in [5.74, 6) is 1.76. The topological polar surface area (TPSA) is 43.0 Å². The van der Waals surface area contributed by atoms with Crippen LogP contribution in [0.1, 0.15) is 5.56 Å². The van der Waals surface area contributed by atoms with Crippen LogP contribution in [0.4, 0.5) is 0 Å². The van der Waals surface area contributed by atoms with E-state index in [9.17, 15) is 0 Å². The molecular formula is C15H24N2O3. The van der Waals surface area contributed by atoms with Crippen molar-refractivity contribution in [3.05, 3.63) is 23.8 Å². The van der Waals surface area contributed by atoms with Crippen molar-refractivity contribution in [2.75, 3.05) is 53.6 Å². The van der Waals surface area contributed by atoms with Gasteiger partial charge in [0.1, 0.15) is 13.2 Å². The Morgan fingerprint density at radius 1 is 1.25 bits per heavy atom. The third kappa shape index (κ3) is 4.37. The largest absolute Gasteiger partial charge is 0.486 e. The lowest BCUT2D eigenvalue weighted by molar-refractivity contribution is 0.167. The Hall–Kier alpha value is -1.30. The van der Waals surface area contributed by atoms with Gasteiger partial charge >= 0.3 is 0 Å². The molecule has 1 N–H and O–H groups in total. The van der Waals surface area contributed by atoms with E-state index in [1.807, 2.05) is 12.1 Å². The van der Waals surface area contributed by atoms with E-state index in [-0.39, 0.29) is 0 Å². The SMILES string of the molecule is COCCNCCN(C)Cc1cccc2c1OCCO2. The molecule has 1 aliphatic heterocycles. The van der Waals surface area contributed by atoms with Crippen LogP contribution < -0.4 is 14.8 Å². The Bertz CT molecular complexity index is 412. The molecule has 1 heterocycles. The first-order chi connectivity index (χ1) is 9.81. The zero-order valence-electron chi connectivity index (χ0n) is 12.4. The number of methoxy groups -OCH3 is 1. The molecule has 1 aliphatic rings. The van der Waals surface area contributed by atoms with E-state index in [2.05, 4.69) is 23.3 Å². The number of fused-ring (bicyclic) bond motifs is 1. The van der Waals surface area contributed by atoms with Crippen LogP contribution in [0.2, 0.25) is 0 Å². The number of hydrogen-bond donors (Lipinski definition) is 1. The van der Waals surface area contributed by atoms with Gasteiger partial charge < -0.3 is 24.4 Å². The van der Waals surface area contributed by atoms with Gasteiger partial charge in [0.2, 0.25) is 0 Å². The van der Waals surface area contributed by atoms with Gasteiger partial charge in [-0.05, 0) is 13.1 Å². The maximum absolute atomic E-state index is 5.73. The maximum atomic E-state index is 5.73. The highest BCUT2D eigenvalue weighted by Crippen LogP contribution is 2.33. The van der Waals surface area contributed by atoms with Crippen LogP contribution in [0.5, 0.6) is 11.5 Å². The lowest BCUT2D eigenvalue weighted by atomic mass is 10.1. The van der Waals surface area contributed by atoms with E-state index in [1.54, 1.807) is 7.11 Å². The van der Waals surface area contributed by atoms with Crippen LogP contribution in [-0.4, -0.2) is 58.5 Å². The molecular weight excluding hydrogens is 256 g/mol. The minimum absolute atomic E-state index is 0.631. The molecule has 0 bridgehead atoms. The summed E-state index contributed by atoms with van der Waals surface area (Å²) in [6.07, 6.45) is 0. The first-order valence-electron chi connectivity index (χ1n) is 7.07. The summed E-state index contributed by atoms with van der Waals surface area (Å²) < 4.78 is 16.3. The normalized spacial score (nSPS) is 13.8. The van der Waals surface area contributed by atoms with Crippen LogP contribution >= 0.6 is 0 Å². The van der Waals surface area contributed by atoms with Crippen LogP contribution in [0.25, 0.3) is 0 Å². The minimum Gasteiger partial charge on any atom is -0.486 e. The Morgan fingerprint density at radius 2 is 2.10 bits per heavy atom. The Morgan fingerprint density at radius 3 is 2.95 bits per heavy atom. The Balaban J connectivity index is 1.80. The van der Waals surface area contributed by atoms with Gasteiger partial charge in [0.05, 0.1) is 6.61 Å². The summed E-state index contributed by atoms with van der Waals surface area (Å²) in [7, 11) is 3.83. The van der Waals surface area contributed by atoms with E-state index in [0.717, 1.165) is 44.3 Å². The molecule has 5 heteroatoms. The molecule has 112 valence electrons. The first kappa shape index (κ1) is 15.1. The number of ether oxygens (including phenoxy) is 3. The standard InChI is InChI=1S/C15H24N2O3/c1-17(8-6-16-7-9-18-2)12-13-4-3-5-14-15(13)20-11-10-19-14/h3-5,16H,6-12H2,1-2H3. The van der Waals surface area contributed by atoms with E-state index in [0.29, 0.717) is 13.2 Å². The molecule has 0 unspecified atom stereocenters. The molecule has 0 spiro atoms. The quantitative estimate of drug-likeness (QED) is 0.723. The highest BCUT2D eigenvalue weighted by atomic mass is 16.6. The molecule has 1 aromatic rings. The van der Waals surface area contributed by atoms with Crippen LogP contribution in [0.15, 0.2) is 18.2 Å². The maximum Gasteiger partial charge on any atom is 0.165 e. The fraction of sp³-hybridized carbons (Fsp3) is 0.600. The second kappa shape index (κ2) is 8.09. The molecule has 0 fully saturated rings. The molecule has 0 radical (unpaired) electrons. The van der Waals surface area contributed by atoms with Gasteiger partial charge in [-0.25, -0.2) is 0 Å². The third-order valence-corrected chi connectivity index (χ3v) is 3.24. The minimum atomic E-state index is 0.631. The Kier molecular flexibility index (Phi) is 6.11. The van der Waals surface area contributed by atoms with Gasteiger partial charge in [0.15, 0.2) is 11.5 Å². The number of nitrogens with zero attached hydrogens (tertiary/aromatic N) is 1. The monoisotopic (exact) mass is 280 g/mol. The van der Waals surface area contributed by atoms with Gasteiger partial charge in [-0.15, -0.1) is 0 Å².